The van der Waals surface area contributed by atoms with Gasteiger partial charge in [0.05, 0.1) is 0 Å². The molecule has 0 bridgehead atoms. The van der Waals surface area contributed by atoms with E-state index in [4.69, 9.17) is 10.5 Å². The molecule has 1 aliphatic rings. The van der Waals surface area contributed by atoms with Gasteiger partial charge in [0.15, 0.2) is 0 Å². The summed E-state index contributed by atoms with van der Waals surface area (Å²) < 4.78 is 6.42. The van der Waals surface area contributed by atoms with Crippen LogP contribution in [0.4, 0.5) is 5.69 Å². The zero-order valence-electron chi connectivity index (χ0n) is 10.9. The van der Waals surface area contributed by atoms with Crippen LogP contribution in [0.1, 0.15) is 18.4 Å². The largest absolute Gasteiger partial charge is 0.398 e. The topological polar surface area (TPSA) is 38.5 Å². The molecule has 4 heteroatoms. The van der Waals surface area contributed by atoms with Crippen LogP contribution in [0.5, 0.6) is 0 Å². The molecule has 0 amide bonds. The molecule has 0 aromatic heterocycles. The summed E-state index contributed by atoms with van der Waals surface area (Å²) in [6.45, 7) is 3.90. The standard InChI is InChI=1S/C14H21BrN2O/c1-17(9-11-5-7-18-8-6-11)10-12-3-2-4-13(16)14(12)15/h2-4,11H,5-10,16H2,1H3. The Labute approximate surface area is 117 Å². The van der Waals surface area contributed by atoms with E-state index < -0.39 is 0 Å². The van der Waals surface area contributed by atoms with Gasteiger partial charge in [-0.3, -0.25) is 0 Å². The van der Waals surface area contributed by atoms with E-state index in [0.29, 0.717) is 0 Å². The van der Waals surface area contributed by atoms with Gasteiger partial charge in [-0.2, -0.15) is 0 Å². The Morgan fingerprint density at radius 2 is 2.11 bits per heavy atom. The van der Waals surface area contributed by atoms with Crippen LogP contribution in [0.3, 0.4) is 0 Å². The quantitative estimate of drug-likeness (QED) is 0.869. The van der Waals surface area contributed by atoms with Crippen molar-refractivity contribution in [3.63, 3.8) is 0 Å². The van der Waals surface area contributed by atoms with Crippen molar-refractivity contribution in [1.82, 2.24) is 4.90 Å². The molecule has 100 valence electrons. The van der Waals surface area contributed by atoms with Crippen LogP contribution in [0.2, 0.25) is 0 Å². The molecule has 18 heavy (non-hydrogen) atoms. The number of nitrogen functional groups attached to an aromatic ring is 1. The normalized spacial score (nSPS) is 17.3. The van der Waals surface area contributed by atoms with Crippen molar-refractivity contribution in [1.29, 1.82) is 0 Å². The van der Waals surface area contributed by atoms with Crippen molar-refractivity contribution in [2.75, 3.05) is 32.5 Å². The summed E-state index contributed by atoms with van der Waals surface area (Å²) >= 11 is 3.56. The van der Waals surface area contributed by atoms with E-state index >= 15 is 0 Å². The minimum atomic E-state index is 0.767. The molecule has 3 nitrogen and oxygen atoms in total. The second kappa shape index (κ2) is 6.55. The fraction of sp³-hybridized carbons (Fsp3) is 0.571. The Kier molecular flexibility index (Phi) is 5.03. The predicted molar refractivity (Wildman–Crippen MR) is 78.4 cm³/mol. The molecule has 2 rings (SSSR count). The summed E-state index contributed by atoms with van der Waals surface area (Å²) in [6, 6.07) is 6.06. The lowest BCUT2D eigenvalue weighted by molar-refractivity contribution is 0.0549. The van der Waals surface area contributed by atoms with Gasteiger partial charge in [-0.15, -0.1) is 0 Å². The van der Waals surface area contributed by atoms with Crippen LogP contribution in [0, 0.1) is 5.92 Å². The highest BCUT2D eigenvalue weighted by Gasteiger charge is 2.16. The monoisotopic (exact) mass is 312 g/mol. The van der Waals surface area contributed by atoms with Gasteiger partial charge in [0, 0.05) is 36.5 Å². The lowest BCUT2D eigenvalue weighted by Gasteiger charge is -2.27. The Balaban J connectivity index is 1.90. The zero-order valence-corrected chi connectivity index (χ0v) is 12.4. The summed E-state index contributed by atoms with van der Waals surface area (Å²) in [5.41, 5.74) is 7.96. The molecule has 0 radical (unpaired) electrons. The number of nitrogens with zero attached hydrogens (tertiary/aromatic N) is 1. The van der Waals surface area contributed by atoms with Crippen molar-refractivity contribution >= 4 is 21.6 Å². The smallest absolute Gasteiger partial charge is 0.0469 e. The number of nitrogens with two attached hydrogens (primary N) is 1. The first-order chi connectivity index (χ1) is 8.66. The van der Waals surface area contributed by atoms with Crippen LogP contribution < -0.4 is 5.73 Å². The number of benzene rings is 1. The highest BCUT2D eigenvalue weighted by Crippen LogP contribution is 2.25. The number of halogens is 1. The van der Waals surface area contributed by atoms with Gasteiger partial charge in [-0.1, -0.05) is 12.1 Å². The third-order valence-electron chi connectivity index (χ3n) is 3.46. The molecule has 0 atom stereocenters. The summed E-state index contributed by atoms with van der Waals surface area (Å²) in [5.74, 6) is 0.767. The van der Waals surface area contributed by atoms with Gasteiger partial charge in [0.1, 0.15) is 0 Å². The van der Waals surface area contributed by atoms with Crippen LogP contribution in [0.25, 0.3) is 0 Å². The summed E-state index contributed by atoms with van der Waals surface area (Å²) in [7, 11) is 2.17. The molecule has 1 heterocycles. The molecular weight excluding hydrogens is 292 g/mol. The lowest BCUT2D eigenvalue weighted by Crippen LogP contribution is -2.29. The van der Waals surface area contributed by atoms with Crippen molar-refractivity contribution in [3.8, 4) is 0 Å². The average molecular weight is 313 g/mol. The predicted octanol–water partition coefficient (Wildman–Crippen LogP) is 2.89. The first kappa shape index (κ1) is 13.8. The van der Waals surface area contributed by atoms with Gasteiger partial charge < -0.3 is 15.4 Å². The molecular formula is C14H21BrN2O. The van der Waals surface area contributed by atoms with E-state index in [1.54, 1.807) is 0 Å². The van der Waals surface area contributed by atoms with Gasteiger partial charge in [-0.25, -0.2) is 0 Å². The molecule has 0 unspecified atom stereocenters. The second-order valence-corrected chi connectivity index (χ2v) is 5.87. The molecule has 0 saturated carbocycles. The van der Waals surface area contributed by atoms with Crippen molar-refractivity contribution in [3.05, 3.63) is 28.2 Å². The van der Waals surface area contributed by atoms with Crippen LogP contribution in [-0.2, 0) is 11.3 Å². The van der Waals surface area contributed by atoms with Gasteiger partial charge in [0.25, 0.3) is 0 Å². The Hall–Kier alpha value is -0.580. The fourth-order valence-corrected chi connectivity index (χ4v) is 2.84. The van der Waals surface area contributed by atoms with Crippen molar-refractivity contribution in [2.45, 2.75) is 19.4 Å². The number of anilines is 1. The van der Waals surface area contributed by atoms with E-state index in [1.807, 2.05) is 12.1 Å². The minimum Gasteiger partial charge on any atom is -0.398 e. The lowest BCUT2D eigenvalue weighted by atomic mass is 10.00. The highest BCUT2D eigenvalue weighted by atomic mass is 79.9. The van der Waals surface area contributed by atoms with E-state index in [1.165, 1.54) is 18.4 Å². The molecule has 1 saturated heterocycles. The second-order valence-electron chi connectivity index (χ2n) is 5.07. The maximum absolute atomic E-state index is 5.90. The number of hydrogen-bond donors (Lipinski definition) is 1. The first-order valence-corrected chi connectivity index (χ1v) is 7.25. The van der Waals surface area contributed by atoms with Crippen molar-refractivity contribution in [2.24, 2.45) is 5.92 Å². The molecule has 0 spiro atoms. The Morgan fingerprint density at radius 1 is 1.39 bits per heavy atom. The summed E-state index contributed by atoms with van der Waals surface area (Å²) in [4.78, 5) is 2.37. The molecule has 1 aromatic rings. The maximum atomic E-state index is 5.90. The van der Waals surface area contributed by atoms with E-state index in [9.17, 15) is 0 Å². The maximum Gasteiger partial charge on any atom is 0.0469 e. The van der Waals surface area contributed by atoms with Crippen LogP contribution >= 0.6 is 15.9 Å². The van der Waals surface area contributed by atoms with Crippen molar-refractivity contribution < 1.29 is 4.74 Å². The third kappa shape index (κ3) is 3.70. The van der Waals surface area contributed by atoms with Gasteiger partial charge in [0.2, 0.25) is 0 Å². The van der Waals surface area contributed by atoms with Gasteiger partial charge >= 0.3 is 0 Å². The average Bonchev–Trinajstić information content (AvgIpc) is 2.36. The minimum absolute atomic E-state index is 0.767. The zero-order chi connectivity index (χ0) is 13.0. The Morgan fingerprint density at radius 3 is 2.83 bits per heavy atom. The van der Waals surface area contributed by atoms with E-state index in [-0.39, 0.29) is 0 Å². The van der Waals surface area contributed by atoms with Crippen LogP contribution in [-0.4, -0.2) is 31.7 Å². The molecule has 0 aliphatic carbocycles. The molecule has 1 aromatic carbocycles. The molecule has 1 aliphatic heterocycles. The van der Waals surface area contributed by atoms with E-state index in [0.717, 1.165) is 42.4 Å². The summed E-state index contributed by atoms with van der Waals surface area (Å²) in [5, 5.41) is 0. The van der Waals surface area contributed by atoms with E-state index in [2.05, 4.69) is 33.9 Å². The number of hydrogen-bond acceptors (Lipinski definition) is 3. The number of rotatable bonds is 4. The fourth-order valence-electron chi connectivity index (χ4n) is 2.45. The highest BCUT2D eigenvalue weighted by molar-refractivity contribution is 9.10. The first-order valence-electron chi connectivity index (χ1n) is 6.46. The number of ether oxygens (including phenoxy) is 1. The third-order valence-corrected chi connectivity index (χ3v) is 4.43. The molecule has 1 fully saturated rings. The summed E-state index contributed by atoms with van der Waals surface area (Å²) in [6.07, 6.45) is 2.37. The van der Waals surface area contributed by atoms with Gasteiger partial charge in [-0.05, 0) is 53.4 Å². The SMILES string of the molecule is CN(Cc1cccc(N)c1Br)CC1CCOCC1. The molecule has 2 N–H and O–H groups in total. The van der Waals surface area contributed by atoms with Crippen LogP contribution in [0.15, 0.2) is 22.7 Å². The Bertz CT molecular complexity index is 391.